The molecule has 2 bridgehead atoms. The predicted octanol–water partition coefficient (Wildman–Crippen LogP) is 5.93. The van der Waals surface area contributed by atoms with Crippen molar-refractivity contribution in [1.29, 1.82) is 0 Å². The maximum atomic E-state index is 14.0. The molecule has 11 heteroatoms. The standard InChI is InChI=1S/C25H31F6N3O2/c1-13(2)34-15(4)33-19-6-17(5-18(20(19)34)24(26,27)28)36-9-16-8-23(35,7-14(3)32-16)21-10-22(11-21,12-21)25(29,30)31/h5-6,13-14,16,32,35H,7-12H2,1-4H3. The highest BCUT2D eigenvalue weighted by Crippen LogP contribution is 2.82. The molecule has 3 unspecified atom stereocenters. The van der Waals surface area contributed by atoms with Crippen LogP contribution < -0.4 is 10.1 Å². The van der Waals surface area contributed by atoms with Gasteiger partial charge in [-0.05, 0) is 65.9 Å². The van der Waals surface area contributed by atoms with E-state index in [0.717, 1.165) is 6.07 Å². The summed E-state index contributed by atoms with van der Waals surface area (Å²) in [6, 6.07) is 1.63. The van der Waals surface area contributed by atoms with Crippen LogP contribution in [0, 0.1) is 17.8 Å². The van der Waals surface area contributed by atoms with E-state index in [-0.39, 0.29) is 61.2 Å². The van der Waals surface area contributed by atoms with Crippen molar-refractivity contribution in [1.82, 2.24) is 14.9 Å². The number of nitrogens with zero attached hydrogens (tertiary/aromatic N) is 2. The van der Waals surface area contributed by atoms with E-state index in [4.69, 9.17) is 4.74 Å². The van der Waals surface area contributed by atoms with E-state index >= 15 is 0 Å². The van der Waals surface area contributed by atoms with Crippen molar-refractivity contribution in [3.63, 3.8) is 0 Å². The Labute approximate surface area is 205 Å². The highest BCUT2D eigenvalue weighted by Gasteiger charge is 2.83. The number of hydrogen-bond acceptors (Lipinski definition) is 4. The van der Waals surface area contributed by atoms with Crippen molar-refractivity contribution >= 4 is 11.0 Å². The summed E-state index contributed by atoms with van der Waals surface area (Å²) < 4.78 is 89.3. The van der Waals surface area contributed by atoms with E-state index in [1.165, 1.54) is 6.07 Å². The summed E-state index contributed by atoms with van der Waals surface area (Å²) in [6.07, 6.45) is -8.57. The number of aryl methyl sites for hydroxylation is 1. The molecule has 3 atom stereocenters. The molecule has 1 saturated heterocycles. The number of halogens is 6. The minimum atomic E-state index is -4.62. The number of aliphatic hydroxyl groups is 1. The first kappa shape index (κ1) is 25.6. The summed E-state index contributed by atoms with van der Waals surface area (Å²) in [7, 11) is 0. The topological polar surface area (TPSA) is 59.3 Å². The first-order chi connectivity index (χ1) is 16.5. The van der Waals surface area contributed by atoms with Gasteiger partial charge in [0.1, 0.15) is 18.2 Å². The third-order valence-corrected chi connectivity index (χ3v) is 8.58. The lowest BCUT2D eigenvalue weighted by atomic mass is 9.29. The van der Waals surface area contributed by atoms with E-state index < -0.39 is 40.4 Å². The molecular formula is C25H31F6N3O2. The Morgan fingerprint density at radius 1 is 1.14 bits per heavy atom. The van der Waals surface area contributed by atoms with Crippen molar-refractivity contribution < 1.29 is 36.2 Å². The molecule has 1 aliphatic heterocycles. The van der Waals surface area contributed by atoms with Crippen molar-refractivity contribution in [2.45, 2.75) is 95.9 Å². The molecule has 36 heavy (non-hydrogen) atoms. The van der Waals surface area contributed by atoms with Crippen LogP contribution in [-0.4, -0.2) is 45.1 Å². The van der Waals surface area contributed by atoms with Crippen LogP contribution in [0.3, 0.4) is 0 Å². The fourth-order valence-corrected chi connectivity index (χ4v) is 7.09. The van der Waals surface area contributed by atoms with Crippen LogP contribution in [0.2, 0.25) is 0 Å². The number of rotatable bonds is 5. The van der Waals surface area contributed by atoms with Gasteiger partial charge >= 0.3 is 12.4 Å². The van der Waals surface area contributed by atoms with Crippen LogP contribution in [0.5, 0.6) is 5.75 Å². The van der Waals surface area contributed by atoms with Crippen LogP contribution in [0.25, 0.3) is 11.0 Å². The monoisotopic (exact) mass is 519 g/mol. The number of hydrogen-bond donors (Lipinski definition) is 2. The Morgan fingerprint density at radius 2 is 1.78 bits per heavy atom. The molecule has 2 N–H and O–H groups in total. The molecule has 0 spiro atoms. The Morgan fingerprint density at radius 3 is 2.33 bits per heavy atom. The van der Waals surface area contributed by atoms with E-state index in [1.807, 2.05) is 6.92 Å². The number of aromatic nitrogens is 2. The summed E-state index contributed by atoms with van der Waals surface area (Å²) in [5.74, 6) is 0.471. The molecule has 2 aromatic rings. The van der Waals surface area contributed by atoms with Gasteiger partial charge < -0.3 is 19.7 Å². The average Bonchev–Trinajstić information content (AvgIpc) is 2.96. The second kappa shape index (κ2) is 7.75. The van der Waals surface area contributed by atoms with Gasteiger partial charge in [0.25, 0.3) is 0 Å². The zero-order valence-electron chi connectivity index (χ0n) is 20.6. The summed E-state index contributed by atoms with van der Waals surface area (Å²) >= 11 is 0. The molecule has 1 aromatic heterocycles. The van der Waals surface area contributed by atoms with E-state index in [0.29, 0.717) is 12.2 Å². The van der Waals surface area contributed by atoms with Gasteiger partial charge in [0.2, 0.25) is 0 Å². The quantitative estimate of drug-likeness (QED) is 0.481. The lowest BCUT2D eigenvalue weighted by Crippen LogP contribution is -2.78. The largest absolute Gasteiger partial charge is 0.492 e. The van der Waals surface area contributed by atoms with Crippen LogP contribution in [-0.2, 0) is 6.18 Å². The number of alkyl halides is 6. The van der Waals surface area contributed by atoms with Crippen molar-refractivity contribution in [2.75, 3.05) is 6.61 Å². The van der Waals surface area contributed by atoms with Gasteiger partial charge in [0.15, 0.2) is 0 Å². The van der Waals surface area contributed by atoms with E-state index in [9.17, 15) is 31.4 Å². The van der Waals surface area contributed by atoms with Gasteiger partial charge in [-0.1, -0.05) is 0 Å². The Bertz CT molecular complexity index is 1170. The molecule has 200 valence electrons. The SMILES string of the molecule is Cc1nc2cc(OCC3CC(O)(C45CC(C(F)(F)F)(C4)C5)CC(C)N3)cc(C(F)(F)F)c2n1C(C)C. The first-order valence-corrected chi connectivity index (χ1v) is 12.3. The summed E-state index contributed by atoms with van der Waals surface area (Å²) in [4.78, 5) is 4.32. The number of nitrogens with one attached hydrogen (secondary N) is 1. The van der Waals surface area contributed by atoms with E-state index in [1.54, 1.807) is 25.3 Å². The van der Waals surface area contributed by atoms with Crippen molar-refractivity contribution in [3.8, 4) is 5.75 Å². The molecule has 1 aromatic carbocycles. The van der Waals surface area contributed by atoms with Crippen molar-refractivity contribution in [3.05, 3.63) is 23.5 Å². The number of ether oxygens (including phenoxy) is 1. The molecule has 6 rings (SSSR count). The highest BCUT2D eigenvalue weighted by atomic mass is 19.4. The fraction of sp³-hybridized carbons (Fsp3) is 0.720. The molecular weight excluding hydrogens is 488 g/mol. The summed E-state index contributed by atoms with van der Waals surface area (Å²) in [5.41, 5.74) is -4.34. The van der Waals surface area contributed by atoms with Gasteiger partial charge in [-0.15, -0.1) is 0 Å². The smallest absolute Gasteiger partial charge is 0.418 e. The number of fused-ring (bicyclic) bond motifs is 1. The molecule has 3 aliphatic carbocycles. The number of imidazole rings is 1. The lowest BCUT2D eigenvalue weighted by molar-refractivity contribution is -0.403. The molecule has 5 nitrogen and oxygen atoms in total. The predicted molar refractivity (Wildman–Crippen MR) is 121 cm³/mol. The van der Waals surface area contributed by atoms with Gasteiger partial charge in [-0.3, -0.25) is 0 Å². The number of benzene rings is 1. The molecule has 4 aliphatic rings. The van der Waals surface area contributed by atoms with Crippen LogP contribution in [0.4, 0.5) is 26.3 Å². The van der Waals surface area contributed by atoms with Gasteiger partial charge in [-0.2, -0.15) is 26.3 Å². The molecule has 0 amide bonds. The minimum Gasteiger partial charge on any atom is -0.492 e. The maximum absolute atomic E-state index is 14.0. The van der Waals surface area contributed by atoms with Crippen molar-refractivity contribution in [2.24, 2.45) is 10.8 Å². The lowest BCUT2D eigenvalue weighted by Gasteiger charge is -2.76. The fourth-order valence-electron chi connectivity index (χ4n) is 7.09. The zero-order chi connectivity index (χ0) is 26.5. The zero-order valence-corrected chi connectivity index (χ0v) is 20.6. The second-order valence-electron chi connectivity index (χ2n) is 11.6. The average molecular weight is 520 g/mol. The number of piperidine rings is 1. The second-order valence-corrected chi connectivity index (χ2v) is 11.6. The minimum absolute atomic E-state index is 0.00311. The third-order valence-electron chi connectivity index (χ3n) is 8.58. The molecule has 0 radical (unpaired) electrons. The van der Waals surface area contributed by atoms with Crippen LogP contribution >= 0.6 is 0 Å². The maximum Gasteiger partial charge on any atom is 0.418 e. The summed E-state index contributed by atoms with van der Waals surface area (Å²) in [5, 5.41) is 14.7. The molecule has 2 heterocycles. The van der Waals surface area contributed by atoms with E-state index in [2.05, 4.69) is 10.3 Å². The van der Waals surface area contributed by atoms with Gasteiger partial charge in [0, 0.05) is 29.6 Å². The normalized spacial score (nSPS) is 34.6. The Kier molecular flexibility index (Phi) is 5.52. The highest BCUT2D eigenvalue weighted by molar-refractivity contribution is 5.82. The Balaban J connectivity index is 1.35. The Hall–Kier alpha value is -2.01. The van der Waals surface area contributed by atoms with Crippen LogP contribution in [0.1, 0.15) is 70.3 Å². The first-order valence-electron chi connectivity index (χ1n) is 12.3. The summed E-state index contributed by atoms with van der Waals surface area (Å²) in [6.45, 7) is 7.05. The van der Waals surface area contributed by atoms with Gasteiger partial charge in [0.05, 0.1) is 27.6 Å². The molecule has 3 saturated carbocycles. The van der Waals surface area contributed by atoms with Gasteiger partial charge in [-0.25, -0.2) is 4.98 Å². The van der Waals surface area contributed by atoms with Crippen LogP contribution in [0.15, 0.2) is 12.1 Å². The third kappa shape index (κ3) is 3.71. The molecule has 4 fully saturated rings.